The number of ether oxygens (including phenoxy) is 1. The summed E-state index contributed by atoms with van der Waals surface area (Å²) >= 11 is 0. The second kappa shape index (κ2) is 5.37. The molecule has 1 aliphatic heterocycles. The lowest BCUT2D eigenvalue weighted by molar-refractivity contribution is 0.250. The Morgan fingerprint density at radius 1 is 1.48 bits per heavy atom. The fraction of sp³-hybridized carbons (Fsp3) is 0.467. The Morgan fingerprint density at radius 2 is 2.33 bits per heavy atom. The third kappa shape index (κ3) is 2.35. The Hall–Kier alpha value is -2.08. The Bertz CT molecular complexity index is 633. The maximum absolute atomic E-state index is 9.64. The van der Waals surface area contributed by atoms with Crippen molar-refractivity contribution < 1.29 is 14.4 Å². The molecular formula is C15H19N3O3. The first-order chi connectivity index (χ1) is 10.2. The highest BCUT2D eigenvalue weighted by Gasteiger charge is 2.38. The molecule has 0 spiro atoms. The van der Waals surface area contributed by atoms with Gasteiger partial charge in [-0.15, -0.1) is 0 Å². The Labute approximate surface area is 123 Å². The molecule has 1 aromatic carbocycles. The summed E-state index contributed by atoms with van der Waals surface area (Å²) in [5, 5.41) is 17.2. The number of phenolic OH excluding ortho intramolecular Hbond substituents is 1. The molecule has 0 aliphatic carbocycles. The molecule has 1 aromatic heterocycles. The van der Waals surface area contributed by atoms with Crippen molar-refractivity contribution >= 4 is 0 Å². The van der Waals surface area contributed by atoms with Gasteiger partial charge in [-0.1, -0.05) is 12.1 Å². The molecule has 0 saturated carbocycles. The Morgan fingerprint density at radius 3 is 3.00 bits per heavy atom. The molecule has 2 aromatic rings. The first kappa shape index (κ1) is 13.9. The maximum Gasteiger partial charge on any atom is 0.247 e. The highest BCUT2D eigenvalue weighted by Crippen LogP contribution is 2.35. The second-order valence-corrected chi connectivity index (χ2v) is 5.28. The number of rotatable bonds is 4. The predicted octanol–water partition coefficient (Wildman–Crippen LogP) is 2.44. The van der Waals surface area contributed by atoms with E-state index in [0.717, 1.165) is 31.4 Å². The van der Waals surface area contributed by atoms with Gasteiger partial charge in [0.05, 0.1) is 12.6 Å². The largest absolute Gasteiger partial charge is 0.504 e. The lowest BCUT2D eigenvalue weighted by atomic mass is 9.94. The first-order valence-corrected chi connectivity index (χ1v) is 7.15. The zero-order valence-corrected chi connectivity index (χ0v) is 12.2. The van der Waals surface area contributed by atoms with Crippen LogP contribution in [0, 0.1) is 0 Å². The predicted molar refractivity (Wildman–Crippen MR) is 77.2 cm³/mol. The van der Waals surface area contributed by atoms with Crippen LogP contribution in [0.5, 0.6) is 11.5 Å². The Kier molecular flexibility index (Phi) is 3.55. The van der Waals surface area contributed by atoms with E-state index in [1.54, 1.807) is 18.2 Å². The van der Waals surface area contributed by atoms with Crippen LogP contribution in [0.4, 0.5) is 0 Å². The van der Waals surface area contributed by atoms with E-state index in [4.69, 9.17) is 9.26 Å². The molecule has 21 heavy (non-hydrogen) atoms. The lowest BCUT2D eigenvalue weighted by Crippen LogP contribution is -2.36. The molecule has 0 radical (unpaired) electrons. The van der Waals surface area contributed by atoms with E-state index < -0.39 is 0 Å². The van der Waals surface area contributed by atoms with Gasteiger partial charge in [0.25, 0.3) is 0 Å². The smallest absolute Gasteiger partial charge is 0.247 e. The number of methoxy groups -OCH3 is 1. The zero-order valence-electron chi connectivity index (χ0n) is 12.2. The molecule has 0 amide bonds. The van der Waals surface area contributed by atoms with E-state index in [1.165, 1.54) is 7.11 Å². The van der Waals surface area contributed by atoms with Crippen molar-refractivity contribution in [3.8, 4) is 22.9 Å². The number of phenols is 1. The van der Waals surface area contributed by atoms with Gasteiger partial charge in [0.2, 0.25) is 11.7 Å². The summed E-state index contributed by atoms with van der Waals surface area (Å²) in [6, 6.07) is 5.01. The van der Waals surface area contributed by atoms with Crippen molar-refractivity contribution in [2.24, 2.45) is 0 Å². The van der Waals surface area contributed by atoms with Crippen molar-refractivity contribution in [2.45, 2.75) is 31.7 Å². The van der Waals surface area contributed by atoms with Gasteiger partial charge in [-0.05, 0) is 44.0 Å². The van der Waals surface area contributed by atoms with Crippen LogP contribution in [-0.4, -0.2) is 28.9 Å². The molecule has 0 bridgehead atoms. The number of nitrogens with zero attached hydrogens (tertiary/aromatic N) is 2. The number of hydrogen-bond acceptors (Lipinski definition) is 6. The minimum atomic E-state index is -0.202. The summed E-state index contributed by atoms with van der Waals surface area (Å²) in [6.07, 6.45) is 3.02. The average Bonchev–Trinajstić information content (AvgIpc) is 3.17. The minimum Gasteiger partial charge on any atom is -0.504 e. The van der Waals surface area contributed by atoms with Crippen LogP contribution >= 0.6 is 0 Å². The number of hydrogen-bond donors (Lipinski definition) is 2. The van der Waals surface area contributed by atoms with E-state index in [0.29, 0.717) is 17.5 Å². The number of benzene rings is 1. The van der Waals surface area contributed by atoms with Gasteiger partial charge in [0, 0.05) is 5.56 Å². The third-order valence-corrected chi connectivity index (χ3v) is 4.12. The third-order valence-electron chi connectivity index (χ3n) is 4.12. The van der Waals surface area contributed by atoms with Crippen molar-refractivity contribution in [3.63, 3.8) is 0 Å². The Balaban J connectivity index is 1.95. The van der Waals surface area contributed by atoms with Crippen molar-refractivity contribution in [1.82, 2.24) is 15.5 Å². The molecule has 1 aliphatic rings. The van der Waals surface area contributed by atoms with Gasteiger partial charge in [0.15, 0.2) is 11.5 Å². The van der Waals surface area contributed by atoms with Crippen LogP contribution in [0.15, 0.2) is 22.7 Å². The van der Waals surface area contributed by atoms with Crippen molar-refractivity contribution in [3.05, 3.63) is 24.1 Å². The SMILES string of the molecule is CCC1(c2nc(-c3ccc(O)c(OC)c3)no2)CCCN1. The fourth-order valence-corrected chi connectivity index (χ4v) is 2.79. The van der Waals surface area contributed by atoms with Gasteiger partial charge in [-0.3, -0.25) is 0 Å². The number of aromatic hydroxyl groups is 1. The highest BCUT2D eigenvalue weighted by atomic mass is 16.5. The quantitative estimate of drug-likeness (QED) is 0.900. The average molecular weight is 289 g/mol. The highest BCUT2D eigenvalue weighted by molar-refractivity contribution is 5.60. The fourth-order valence-electron chi connectivity index (χ4n) is 2.79. The summed E-state index contributed by atoms with van der Waals surface area (Å²) in [6.45, 7) is 3.09. The standard InChI is InChI=1S/C15H19N3O3/c1-3-15(7-4-8-16-15)14-17-13(18-21-14)10-5-6-11(19)12(9-10)20-2/h5-6,9,16,19H,3-4,7-8H2,1-2H3. The summed E-state index contributed by atoms with van der Waals surface area (Å²) in [5.41, 5.74) is 0.551. The van der Waals surface area contributed by atoms with E-state index in [1.807, 2.05) is 0 Å². The van der Waals surface area contributed by atoms with Crippen LogP contribution in [0.25, 0.3) is 11.4 Å². The molecule has 3 rings (SSSR count). The van der Waals surface area contributed by atoms with Crippen molar-refractivity contribution in [2.75, 3.05) is 13.7 Å². The molecular weight excluding hydrogens is 270 g/mol. The van der Waals surface area contributed by atoms with Crippen molar-refractivity contribution in [1.29, 1.82) is 0 Å². The van der Waals surface area contributed by atoms with Crippen LogP contribution < -0.4 is 10.1 Å². The normalized spacial score (nSPS) is 21.6. The molecule has 6 heteroatoms. The molecule has 112 valence electrons. The van der Waals surface area contributed by atoms with Crippen LogP contribution in [0.1, 0.15) is 32.1 Å². The van der Waals surface area contributed by atoms with E-state index >= 15 is 0 Å². The van der Waals surface area contributed by atoms with E-state index in [9.17, 15) is 5.11 Å². The summed E-state index contributed by atoms with van der Waals surface area (Å²) in [7, 11) is 1.51. The molecule has 2 heterocycles. The van der Waals surface area contributed by atoms with E-state index in [-0.39, 0.29) is 11.3 Å². The molecule has 6 nitrogen and oxygen atoms in total. The first-order valence-electron chi connectivity index (χ1n) is 7.15. The summed E-state index contributed by atoms with van der Waals surface area (Å²) in [4.78, 5) is 4.53. The van der Waals surface area contributed by atoms with Gasteiger partial charge >= 0.3 is 0 Å². The van der Waals surface area contributed by atoms with Crippen LogP contribution in [0.2, 0.25) is 0 Å². The number of nitrogens with one attached hydrogen (secondary N) is 1. The van der Waals surface area contributed by atoms with Gasteiger partial charge in [-0.2, -0.15) is 4.98 Å². The lowest BCUT2D eigenvalue weighted by Gasteiger charge is -2.22. The molecule has 2 N–H and O–H groups in total. The zero-order chi connectivity index (χ0) is 14.9. The van der Waals surface area contributed by atoms with Crippen LogP contribution in [0.3, 0.4) is 0 Å². The molecule has 1 fully saturated rings. The van der Waals surface area contributed by atoms with Gasteiger partial charge < -0.3 is 19.7 Å². The second-order valence-electron chi connectivity index (χ2n) is 5.28. The molecule has 1 saturated heterocycles. The van der Waals surface area contributed by atoms with Gasteiger partial charge in [0.1, 0.15) is 0 Å². The topological polar surface area (TPSA) is 80.4 Å². The summed E-state index contributed by atoms with van der Waals surface area (Å²) in [5.74, 6) is 1.62. The van der Waals surface area contributed by atoms with E-state index in [2.05, 4.69) is 22.4 Å². The summed E-state index contributed by atoms with van der Waals surface area (Å²) < 4.78 is 10.6. The van der Waals surface area contributed by atoms with Crippen LogP contribution in [-0.2, 0) is 5.54 Å². The monoisotopic (exact) mass is 289 g/mol. The van der Waals surface area contributed by atoms with Gasteiger partial charge in [-0.25, -0.2) is 0 Å². The number of aromatic nitrogens is 2. The molecule has 1 unspecified atom stereocenters. The maximum atomic E-state index is 9.64. The molecule has 1 atom stereocenters. The minimum absolute atomic E-state index is 0.0902.